The van der Waals surface area contributed by atoms with Crippen LogP contribution >= 0.6 is 11.9 Å². The van der Waals surface area contributed by atoms with Gasteiger partial charge >= 0.3 is 0 Å². The van der Waals surface area contributed by atoms with Crippen LogP contribution in [-0.2, 0) is 4.79 Å². The lowest BCUT2D eigenvalue weighted by Gasteiger charge is -2.23. The predicted molar refractivity (Wildman–Crippen MR) is 42.3 cm³/mol. The summed E-state index contributed by atoms with van der Waals surface area (Å²) < 4.78 is 0.492. The fourth-order valence-corrected chi connectivity index (χ4v) is 1.50. The minimum absolute atomic E-state index is 0. The molecule has 0 unspecified atom stereocenters. The van der Waals surface area contributed by atoms with Crippen molar-refractivity contribution in [1.82, 2.24) is 0 Å². The molecule has 0 bridgehead atoms. The van der Waals surface area contributed by atoms with E-state index in [0.717, 1.165) is 0 Å². The van der Waals surface area contributed by atoms with Gasteiger partial charge in [0.2, 0.25) is 5.12 Å². The number of carbonyl (C=O) groups is 1. The van der Waals surface area contributed by atoms with E-state index in [9.17, 15) is 4.79 Å². The molecule has 3 nitrogen and oxygen atoms in total. The maximum Gasteiger partial charge on any atom is 0.242 e. The number of carbonyl (C=O) groups excluding carboxylic acids is 1. The van der Waals surface area contributed by atoms with Gasteiger partial charge in [0.05, 0.1) is 20.7 Å². The van der Waals surface area contributed by atoms with Crippen molar-refractivity contribution in [3.05, 3.63) is 0 Å². The van der Waals surface area contributed by atoms with E-state index in [1.807, 2.05) is 14.1 Å². The van der Waals surface area contributed by atoms with Crippen molar-refractivity contribution >= 4 is 17.1 Å². The molecule has 0 spiro atoms. The molecule has 5 heteroatoms. The van der Waals surface area contributed by atoms with Gasteiger partial charge in [-0.25, -0.2) is 0 Å². The van der Waals surface area contributed by atoms with Gasteiger partial charge in [-0.15, -0.1) is 0 Å². The lowest BCUT2D eigenvalue weighted by atomic mass is 10.6. The molecule has 0 saturated heterocycles. The number of hydrogen-bond acceptors (Lipinski definition) is 3. The van der Waals surface area contributed by atoms with Gasteiger partial charge in [0.15, 0.2) is 11.9 Å². The summed E-state index contributed by atoms with van der Waals surface area (Å²) in [4.78, 5) is 10.6. The first kappa shape index (κ1) is 14.2. The van der Waals surface area contributed by atoms with E-state index < -0.39 is 0 Å². The van der Waals surface area contributed by atoms with Gasteiger partial charge in [-0.2, -0.15) is 0 Å². The van der Waals surface area contributed by atoms with E-state index in [1.165, 1.54) is 18.9 Å². The smallest absolute Gasteiger partial charge is 0.242 e. The van der Waals surface area contributed by atoms with Crippen LogP contribution < -0.4 is 24.0 Å². The number of rotatable bonds is 3. The number of aliphatic hydroxyl groups excluding tert-OH is 1. The zero-order valence-corrected chi connectivity index (χ0v) is 9.98. The van der Waals surface area contributed by atoms with Crippen LogP contribution in [0.15, 0.2) is 0 Å². The summed E-state index contributed by atoms with van der Waals surface area (Å²) in [7, 11) is 3.78. The highest BCUT2D eigenvalue weighted by Crippen LogP contribution is 2.15. The van der Waals surface area contributed by atoms with Gasteiger partial charge in [0.25, 0.3) is 0 Å². The number of likely N-dealkylation sites (N-methyl/N-ethyl adjacent to an activating group) is 1. The molecule has 0 fully saturated rings. The fourth-order valence-electron chi connectivity index (χ4n) is 0.634. The highest BCUT2D eigenvalue weighted by Gasteiger charge is 2.18. The maximum atomic E-state index is 10.6. The Labute approximate surface area is 88.9 Å². The molecule has 0 atom stereocenters. The molecular formula is C6H14INO2S. The number of halogens is 1. The van der Waals surface area contributed by atoms with Crippen molar-refractivity contribution in [3.63, 3.8) is 0 Å². The van der Waals surface area contributed by atoms with Crippen LogP contribution in [0.2, 0.25) is 0 Å². The quantitative estimate of drug-likeness (QED) is 0.348. The first-order chi connectivity index (χ1) is 4.48. The second-order valence-corrected chi connectivity index (χ2v) is 4.35. The largest absolute Gasteiger partial charge is 1.00 e. The van der Waals surface area contributed by atoms with E-state index in [4.69, 9.17) is 5.11 Å². The average molecular weight is 291 g/mol. The van der Waals surface area contributed by atoms with E-state index in [1.54, 1.807) is 0 Å². The summed E-state index contributed by atoms with van der Waals surface area (Å²) >= 11 is 1.22. The molecule has 0 aliphatic carbocycles. The molecule has 0 aliphatic rings. The molecule has 0 amide bonds. The molecule has 11 heavy (non-hydrogen) atoms. The first-order valence-corrected chi connectivity index (χ1v) is 3.89. The van der Waals surface area contributed by atoms with Gasteiger partial charge in [-0.3, -0.25) is 8.68 Å². The molecule has 0 aromatic heterocycles. The van der Waals surface area contributed by atoms with E-state index in [-0.39, 0.29) is 35.7 Å². The van der Waals surface area contributed by atoms with Crippen LogP contribution in [0.25, 0.3) is 0 Å². The number of aliphatic hydroxyl groups is 1. The zero-order chi connectivity index (χ0) is 8.20. The standard InChI is InChI=1S/C6H14NO2S.HI/c1-6(9)10-7(2,3)4-5-8;/h8H,4-5H2,1-3H3;1H/q+1;/p-1. The van der Waals surface area contributed by atoms with E-state index in [0.29, 0.717) is 10.4 Å². The van der Waals surface area contributed by atoms with Crippen LogP contribution in [0.4, 0.5) is 0 Å². The lowest BCUT2D eigenvalue weighted by Crippen LogP contribution is -3.00. The van der Waals surface area contributed by atoms with Gasteiger partial charge in [0, 0.05) is 6.92 Å². The van der Waals surface area contributed by atoms with Crippen molar-refractivity contribution in [2.24, 2.45) is 0 Å². The molecule has 0 aromatic rings. The first-order valence-electron chi connectivity index (χ1n) is 3.12. The highest BCUT2D eigenvalue weighted by molar-refractivity contribution is 8.08. The Balaban J connectivity index is 0. The Morgan fingerprint density at radius 1 is 1.55 bits per heavy atom. The Bertz CT molecular complexity index is 130. The highest BCUT2D eigenvalue weighted by atomic mass is 127. The van der Waals surface area contributed by atoms with Gasteiger partial charge in [-0.1, -0.05) is 0 Å². The molecular weight excluding hydrogens is 277 g/mol. The molecule has 0 radical (unpaired) electrons. The van der Waals surface area contributed by atoms with Crippen LogP contribution in [0.5, 0.6) is 0 Å². The minimum atomic E-state index is 0. The molecule has 0 aromatic carbocycles. The second kappa shape index (κ2) is 6.22. The van der Waals surface area contributed by atoms with Gasteiger partial charge < -0.3 is 29.1 Å². The van der Waals surface area contributed by atoms with Crippen molar-refractivity contribution in [3.8, 4) is 0 Å². The third-order valence-electron chi connectivity index (χ3n) is 1.01. The molecule has 68 valence electrons. The third-order valence-corrected chi connectivity index (χ3v) is 1.95. The molecule has 0 aliphatic heterocycles. The summed E-state index contributed by atoms with van der Waals surface area (Å²) in [6, 6.07) is 0. The van der Waals surface area contributed by atoms with Gasteiger partial charge in [0.1, 0.15) is 6.54 Å². The lowest BCUT2D eigenvalue weighted by molar-refractivity contribution is -0.750. The summed E-state index contributed by atoms with van der Waals surface area (Å²) in [5, 5.41) is 8.66. The Kier molecular flexibility index (Phi) is 8.03. The number of nitrogens with zero attached hydrogens (tertiary/aromatic N) is 1. The Morgan fingerprint density at radius 3 is 2.27 bits per heavy atom. The normalized spacial score (nSPS) is 10.5. The van der Waals surface area contributed by atoms with Crippen molar-refractivity contribution in [2.45, 2.75) is 6.92 Å². The summed E-state index contributed by atoms with van der Waals surface area (Å²) in [6.07, 6.45) is 0. The van der Waals surface area contributed by atoms with Crippen LogP contribution in [0.1, 0.15) is 6.92 Å². The van der Waals surface area contributed by atoms with Crippen LogP contribution in [0, 0.1) is 0 Å². The zero-order valence-electron chi connectivity index (χ0n) is 7.00. The van der Waals surface area contributed by atoms with Crippen LogP contribution in [-0.4, -0.2) is 41.4 Å². The fraction of sp³-hybridized carbons (Fsp3) is 0.833. The summed E-state index contributed by atoms with van der Waals surface area (Å²) in [6.45, 7) is 2.25. The maximum absolute atomic E-state index is 10.6. The minimum Gasteiger partial charge on any atom is -1.00 e. The SMILES string of the molecule is CC(=O)S[N+](C)(C)CCO.[I-]. The topological polar surface area (TPSA) is 37.3 Å². The molecule has 0 rings (SSSR count). The third kappa shape index (κ3) is 8.58. The molecule has 0 heterocycles. The van der Waals surface area contributed by atoms with Gasteiger partial charge in [-0.05, 0) is 0 Å². The monoisotopic (exact) mass is 291 g/mol. The van der Waals surface area contributed by atoms with Crippen molar-refractivity contribution in [1.29, 1.82) is 0 Å². The summed E-state index contributed by atoms with van der Waals surface area (Å²) in [5.41, 5.74) is 0. The van der Waals surface area contributed by atoms with Crippen LogP contribution in [0.3, 0.4) is 0 Å². The van der Waals surface area contributed by atoms with Crippen molar-refractivity contribution in [2.75, 3.05) is 27.2 Å². The summed E-state index contributed by atoms with van der Waals surface area (Å²) in [5.74, 6) is 0. The van der Waals surface area contributed by atoms with E-state index in [2.05, 4.69) is 0 Å². The Morgan fingerprint density at radius 2 is 2.00 bits per heavy atom. The van der Waals surface area contributed by atoms with Crippen molar-refractivity contribution < 1.29 is 37.8 Å². The Hall–Kier alpha value is 0.670. The second-order valence-electron chi connectivity index (χ2n) is 2.60. The van der Waals surface area contributed by atoms with E-state index >= 15 is 0 Å². The number of hydrogen-bond donors (Lipinski definition) is 1. The molecule has 1 N–H and O–H groups in total. The average Bonchev–Trinajstić information content (AvgIpc) is 1.59. The predicted octanol–water partition coefficient (Wildman–Crippen LogP) is -2.75. The number of quaternary nitrogens is 1. The molecule has 0 saturated carbocycles.